The third-order valence-electron chi connectivity index (χ3n) is 5.03. The molecule has 1 heterocycles. The highest BCUT2D eigenvalue weighted by atomic mass is 35.5. The molecule has 0 aliphatic heterocycles. The average Bonchev–Trinajstić information content (AvgIpc) is 3.26. The second-order valence-corrected chi connectivity index (χ2v) is 8.26. The molecule has 0 radical (unpaired) electrons. The summed E-state index contributed by atoms with van der Waals surface area (Å²) in [5.41, 5.74) is 2.14. The van der Waals surface area contributed by atoms with Crippen LogP contribution >= 0.6 is 23.2 Å². The van der Waals surface area contributed by atoms with Crippen LogP contribution in [-0.2, 0) is 6.42 Å². The minimum atomic E-state index is -0.701. The van der Waals surface area contributed by atoms with E-state index in [2.05, 4.69) is 20.6 Å². The van der Waals surface area contributed by atoms with Crippen LogP contribution < -0.4 is 10.6 Å². The Kier molecular flexibility index (Phi) is 6.95. The molecule has 6 nitrogen and oxygen atoms in total. The minimum absolute atomic E-state index is 0.0259. The summed E-state index contributed by atoms with van der Waals surface area (Å²) in [5.74, 6) is -1.16. The standard InChI is InChI=1S/C25H19Cl2FN4O2/c1-2-20-22(32-23(30-20)14-6-8-16(26)9-7-14)25(34)29-18-10-11-21(19(28)13-18)31-24(33)15-4-3-5-17(27)12-15/h3-13H,2H2,1H3,(H,29,34)(H,30,32)(H,31,33). The van der Waals surface area contributed by atoms with Crippen LogP contribution in [0, 0.1) is 5.82 Å². The number of aromatic amines is 1. The molecule has 9 heteroatoms. The molecule has 0 atom stereocenters. The van der Waals surface area contributed by atoms with Gasteiger partial charge in [0, 0.05) is 32.6 Å². The van der Waals surface area contributed by atoms with Gasteiger partial charge in [-0.3, -0.25) is 9.59 Å². The lowest BCUT2D eigenvalue weighted by Gasteiger charge is -2.09. The predicted molar refractivity (Wildman–Crippen MR) is 132 cm³/mol. The van der Waals surface area contributed by atoms with Crippen molar-refractivity contribution < 1.29 is 14.0 Å². The number of nitrogens with one attached hydrogen (secondary N) is 3. The van der Waals surface area contributed by atoms with Gasteiger partial charge in [-0.15, -0.1) is 0 Å². The van der Waals surface area contributed by atoms with Crippen molar-refractivity contribution in [3.63, 3.8) is 0 Å². The lowest BCUT2D eigenvalue weighted by atomic mass is 10.2. The molecule has 34 heavy (non-hydrogen) atoms. The third-order valence-corrected chi connectivity index (χ3v) is 5.51. The van der Waals surface area contributed by atoms with Crippen molar-refractivity contribution in [3.8, 4) is 11.4 Å². The molecule has 172 valence electrons. The molecule has 0 aliphatic rings. The van der Waals surface area contributed by atoms with Gasteiger partial charge in [-0.25, -0.2) is 9.37 Å². The Morgan fingerprint density at radius 3 is 2.38 bits per heavy atom. The molecule has 0 bridgehead atoms. The van der Waals surface area contributed by atoms with Crippen LogP contribution in [0.1, 0.15) is 33.5 Å². The van der Waals surface area contributed by atoms with Gasteiger partial charge in [-0.2, -0.15) is 0 Å². The van der Waals surface area contributed by atoms with Crippen molar-refractivity contribution in [2.45, 2.75) is 13.3 Å². The molecule has 0 unspecified atom stereocenters. The average molecular weight is 497 g/mol. The largest absolute Gasteiger partial charge is 0.341 e. The van der Waals surface area contributed by atoms with E-state index in [1.165, 1.54) is 18.2 Å². The zero-order chi connectivity index (χ0) is 24.2. The minimum Gasteiger partial charge on any atom is -0.341 e. The van der Waals surface area contributed by atoms with Crippen LogP contribution in [0.5, 0.6) is 0 Å². The van der Waals surface area contributed by atoms with Crippen molar-refractivity contribution in [1.82, 2.24) is 9.97 Å². The number of nitrogens with zero attached hydrogens (tertiary/aromatic N) is 1. The molecular weight excluding hydrogens is 478 g/mol. The molecule has 0 spiro atoms. The van der Waals surface area contributed by atoms with E-state index in [1.807, 2.05) is 6.92 Å². The molecule has 3 aromatic carbocycles. The van der Waals surface area contributed by atoms with E-state index in [-0.39, 0.29) is 17.1 Å². The first kappa shape index (κ1) is 23.5. The molecular formula is C25H19Cl2FN4O2. The lowest BCUT2D eigenvalue weighted by molar-refractivity contribution is 0.101. The number of rotatable bonds is 6. The zero-order valence-electron chi connectivity index (χ0n) is 18.0. The van der Waals surface area contributed by atoms with E-state index in [0.29, 0.717) is 33.5 Å². The second-order valence-electron chi connectivity index (χ2n) is 7.39. The van der Waals surface area contributed by atoms with Gasteiger partial charge < -0.3 is 15.6 Å². The maximum atomic E-state index is 14.6. The molecule has 4 rings (SSSR count). The van der Waals surface area contributed by atoms with Crippen molar-refractivity contribution in [1.29, 1.82) is 0 Å². The van der Waals surface area contributed by atoms with Crippen molar-refractivity contribution in [2.24, 2.45) is 0 Å². The molecule has 0 saturated heterocycles. The first-order valence-electron chi connectivity index (χ1n) is 10.4. The fraction of sp³-hybridized carbons (Fsp3) is 0.0800. The summed E-state index contributed by atoms with van der Waals surface area (Å²) >= 11 is 11.8. The van der Waals surface area contributed by atoms with Crippen LogP contribution in [0.2, 0.25) is 10.0 Å². The fourth-order valence-corrected chi connectivity index (χ4v) is 3.62. The number of carbonyl (C=O) groups excluding carboxylic acids is 2. The number of hydrogen-bond donors (Lipinski definition) is 3. The maximum absolute atomic E-state index is 14.6. The van der Waals surface area contributed by atoms with Crippen molar-refractivity contribution in [3.05, 3.63) is 99.5 Å². The van der Waals surface area contributed by atoms with Gasteiger partial charge in [0.1, 0.15) is 17.3 Å². The number of imidazole rings is 1. The first-order chi connectivity index (χ1) is 16.3. The predicted octanol–water partition coefficient (Wildman–Crippen LogP) is 6.59. The van der Waals surface area contributed by atoms with E-state index in [9.17, 15) is 14.0 Å². The number of aryl methyl sites for hydroxylation is 1. The molecule has 0 saturated carbocycles. The molecule has 3 N–H and O–H groups in total. The number of benzene rings is 3. The Morgan fingerprint density at radius 1 is 0.941 bits per heavy atom. The Morgan fingerprint density at radius 2 is 1.71 bits per heavy atom. The van der Waals surface area contributed by atoms with Crippen molar-refractivity contribution >= 4 is 46.4 Å². The van der Waals surface area contributed by atoms with Crippen LogP contribution in [0.25, 0.3) is 11.4 Å². The van der Waals surface area contributed by atoms with E-state index in [4.69, 9.17) is 23.2 Å². The normalized spacial score (nSPS) is 10.7. The maximum Gasteiger partial charge on any atom is 0.276 e. The molecule has 4 aromatic rings. The first-order valence-corrected chi connectivity index (χ1v) is 11.1. The molecule has 1 aromatic heterocycles. The fourth-order valence-electron chi connectivity index (χ4n) is 3.31. The van der Waals surface area contributed by atoms with Gasteiger partial charge in [-0.1, -0.05) is 36.2 Å². The smallest absolute Gasteiger partial charge is 0.276 e. The second kappa shape index (κ2) is 10.1. The summed E-state index contributed by atoms with van der Waals surface area (Å²) in [6.45, 7) is 1.90. The van der Waals surface area contributed by atoms with Crippen LogP contribution in [0.3, 0.4) is 0 Å². The van der Waals surface area contributed by atoms with E-state index >= 15 is 0 Å². The van der Waals surface area contributed by atoms with Gasteiger partial charge in [0.2, 0.25) is 0 Å². The quantitative estimate of drug-likeness (QED) is 0.281. The summed E-state index contributed by atoms with van der Waals surface area (Å²) in [5, 5.41) is 6.15. The SMILES string of the molecule is CCc1[nH]c(-c2ccc(Cl)cc2)nc1C(=O)Nc1ccc(NC(=O)c2cccc(Cl)c2)c(F)c1. The highest BCUT2D eigenvalue weighted by Crippen LogP contribution is 2.24. The molecule has 0 aliphatic carbocycles. The Labute approximate surface area is 205 Å². The summed E-state index contributed by atoms with van der Waals surface area (Å²) in [4.78, 5) is 32.8. The highest BCUT2D eigenvalue weighted by molar-refractivity contribution is 6.31. The number of carbonyl (C=O) groups is 2. The van der Waals surface area contributed by atoms with Crippen LogP contribution in [0.4, 0.5) is 15.8 Å². The summed E-state index contributed by atoms with van der Waals surface area (Å²) < 4.78 is 14.6. The monoisotopic (exact) mass is 496 g/mol. The number of hydrogen-bond acceptors (Lipinski definition) is 3. The van der Waals surface area contributed by atoms with Gasteiger partial charge >= 0.3 is 0 Å². The Hall–Kier alpha value is -3.68. The highest BCUT2D eigenvalue weighted by Gasteiger charge is 2.18. The van der Waals surface area contributed by atoms with Crippen LogP contribution in [0.15, 0.2) is 66.7 Å². The molecule has 0 fully saturated rings. The van der Waals surface area contributed by atoms with E-state index in [0.717, 1.165) is 11.6 Å². The molecule has 2 amide bonds. The number of H-pyrrole nitrogens is 1. The Balaban J connectivity index is 1.50. The number of anilines is 2. The van der Waals surface area contributed by atoms with Crippen LogP contribution in [-0.4, -0.2) is 21.8 Å². The number of halogens is 3. The van der Waals surface area contributed by atoms with Gasteiger partial charge in [-0.05, 0) is 67.1 Å². The van der Waals surface area contributed by atoms with Crippen molar-refractivity contribution in [2.75, 3.05) is 10.6 Å². The summed E-state index contributed by atoms with van der Waals surface area (Å²) in [7, 11) is 0. The third kappa shape index (κ3) is 5.27. The topological polar surface area (TPSA) is 86.9 Å². The van der Waals surface area contributed by atoms with Gasteiger partial charge in [0.05, 0.1) is 5.69 Å². The van der Waals surface area contributed by atoms with Gasteiger partial charge in [0.25, 0.3) is 11.8 Å². The number of aromatic nitrogens is 2. The Bertz CT molecular complexity index is 1370. The summed E-state index contributed by atoms with van der Waals surface area (Å²) in [6.07, 6.45) is 0.548. The van der Waals surface area contributed by atoms with E-state index < -0.39 is 17.6 Å². The number of amides is 2. The lowest BCUT2D eigenvalue weighted by Crippen LogP contribution is -2.16. The summed E-state index contributed by atoms with van der Waals surface area (Å²) in [6, 6.07) is 17.4. The zero-order valence-corrected chi connectivity index (χ0v) is 19.5. The van der Waals surface area contributed by atoms with E-state index in [1.54, 1.807) is 42.5 Å². The van der Waals surface area contributed by atoms with Gasteiger partial charge in [0.15, 0.2) is 0 Å².